The molecule has 7 nitrogen and oxygen atoms in total. The summed E-state index contributed by atoms with van der Waals surface area (Å²) < 4.78 is 58.5. The van der Waals surface area contributed by atoms with Gasteiger partial charge in [-0.15, -0.1) is 10.2 Å². The van der Waals surface area contributed by atoms with Gasteiger partial charge in [0.2, 0.25) is 0 Å². The van der Waals surface area contributed by atoms with Gasteiger partial charge in [0.25, 0.3) is 5.88 Å². The fraction of sp³-hybridized carbons (Fsp3) is 0.387. The zero-order valence-corrected chi connectivity index (χ0v) is 24.3. The largest absolute Gasteiger partial charge is 0.465 e. The van der Waals surface area contributed by atoms with Crippen LogP contribution in [0.2, 0.25) is 5.02 Å². The molecule has 2 aromatic heterocycles. The molecule has 226 valence electrons. The summed E-state index contributed by atoms with van der Waals surface area (Å²) in [5, 5.41) is 11.9. The van der Waals surface area contributed by atoms with Crippen molar-refractivity contribution in [2.75, 3.05) is 51.7 Å². The number of anilines is 2. The van der Waals surface area contributed by atoms with E-state index in [-0.39, 0.29) is 27.8 Å². The molecule has 2 aliphatic rings. The SMILES string of the molecule is CN1CCN(CCC2CC2c2ccc3c(Nc4cc(-c5cc(Cl)ccc5F)nnc4OCC(F)(F)F)ccnc3c2)CC1. The third-order valence-electron chi connectivity index (χ3n) is 8.14. The molecule has 0 radical (unpaired) electrons. The number of hydrogen-bond donors (Lipinski definition) is 1. The van der Waals surface area contributed by atoms with Gasteiger partial charge in [0.1, 0.15) is 11.5 Å². The Balaban J connectivity index is 1.22. The van der Waals surface area contributed by atoms with E-state index in [1.165, 1.54) is 36.2 Å². The minimum absolute atomic E-state index is 0.0567. The molecule has 0 spiro atoms. The second kappa shape index (κ2) is 12.2. The normalized spacial score (nSPS) is 19.5. The molecule has 2 aromatic carbocycles. The number of nitrogens with zero attached hydrogens (tertiary/aromatic N) is 5. The van der Waals surface area contributed by atoms with Crippen LogP contribution in [0.15, 0.2) is 54.7 Å². The smallest absolute Gasteiger partial charge is 0.422 e. The zero-order valence-electron chi connectivity index (χ0n) is 23.5. The monoisotopic (exact) mass is 614 g/mol. The number of likely N-dealkylation sites (N-methyl/N-ethyl adjacent to an activating group) is 1. The maximum absolute atomic E-state index is 14.6. The summed E-state index contributed by atoms with van der Waals surface area (Å²) in [6, 6.07) is 13.2. The molecule has 3 heterocycles. The molecule has 1 saturated carbocycles. The lowest BCUT2D eigenvalue weighted by atomic mass is 10.0. The van der Waals surface area contributed by atoms with E-state index < -0.39 is 18.6 Å². The fourth-order valence-electron chi connectivity index (χ4n) is 5.60. The van der Waals surface area contributed by atoms with Crippen LogP contribution >= 0.6 is 11.6 Å². The van der Waals surface area contributed by atoms with Gasteiger partial charge in [-0.2, -0.15) is 13.2 Å². The molecule has 0 bridgehead atoms. The van der Waals surface area contributed by atoms with Crippen LogP contribution in [-0.4, -0.2) is 77.5 Å². The Morgan fingerprint density at radius 1 is 1.00 bits per heavy atom. The summed E-state index contributed by atoms with van der Waals surface area (Å²) in [5.41, 5.74) is 2.81. The van der Waals surface area contributed by atoms with Gasteiger partial charge in [-0.3, -0.25) is 4.98 Å². The topological polar surface area (TPSA) is 66.4 Å². The third-order valence-corrected chi connectivity index (χ3v) is 8.37. The Morgan fingerprint density at radius 3 is 2.60 bits per heavy atom. The van der Waals surface area contributed by atoms with E-state index in [1.807, 2.05) is 6.07 Å². The standard InChI is InChI=1S/C31H31ClF4N6O/c1-41-10-12-42(13-11-41)9-7-20-14-23(20)19-2-4-22-26(6-8-37-27(22)15-19)38-29-17-28(24-16-21(32)3-5-25(24)33)39-40-30(29)43-18-31(34,35)36/h2-6,8,15-17,20,23H,7,9-14,18H2,1H3,(H,37,38,39). The van der Waals surface area contributed by atoms with Crippen molar-refractivity contribution in [1.82, 2.24) is 25.0 Å². The van der Waals surface area contributed by atoms with E-state index in [1.54, 1.807) is 12.3 Å². The Kier molecular flexibility index (Phi) is 8.39. The summed E-state index contributed by atoms with van der Waals surface area (Å²) in [4.78, 5) is 9.46. The van der Waals surface area contributed by atoms with Crippen molar-refractivity contribution >= 4 is 33.9 Å². The summed E-state index contributed by atoms with van der Waals surface area (Å²) in [6.45, 7) is 4.04. The number of fused-ring (bicyclic) bond motifs is 1. The van der Waals surface area contributed by atoms with Crippen LogP contribution in [-0.2, 0) is 0 Å². The van der Waals surface area contributed by atoms with E-state index in [4.69, 9.17) is 16.3 Å². The number of nitrogens with one attached hydrogen (secondary N) is 1. The number of rotatable bonds is 9. The summed E-state index contributed by atoms with van der Waals surface area (Å²) >= 11 is 6.05. The Labute approximate surface area is 251 Å². The lowest BCUT2D eigenvalue weighted by molar-refractivity contribution is -0.154. The van der Waals surface area contributed by atoms with E-state index in [0.29, 0.717) is 17.5 Å². The fourth-order valence-corrected chi connectivity index (χ4v) is 5.77. The minimum Gasteiger partial charge on any atom is -0.465 e. The molecule has 1 N–H and O–H groups in total. The van der Waals surface area contributed by atoms with Gasteiger partial charge in [-0.1, -0.05) is 23.7 Å². The van der Waals surface area contributed by atoms with E-state index in [9.17, 15) is 17.6 Å². The number of halogens is 5. The van der Waals surface area contributed by atoms with Gasteiger partial charge in [0, 0.05) is 54.0 Å². The highest BCUT2D eigenvalue weighted by Gasteiger charge is 2.38. The Hall–Kier alpha value is -3.54. The molecule has 0 amide bonds. The van der Waals surface area contributed by atoms with Crippen molar-refractivity contribution in [3.63, 3.8) is 0 Å². The molecule has 1 aliphatic heterocycles. The number of hydrogen-bond acceptors (Lipinski definition) is 7. The maximum Gasteiger partial charge on any atom is 0.422 e. The highest BCUT2D eigenvalue weighted by atomic mass is 35.5. The van der Waals surface area contributed by atoms with Gasteiger partial charge in [0.05, 0.1) is 11.2 Å². The summed E-state index contributed by atoms with van der Waals surface area (Å²) in [7, 11) is 2.16. The number of alkyl halides is 3. The maximum atomic E-state index is 14.6. The number of benzene rings is 2. The number of aromatic nitrogens is 3. The second-order valence-electron chi connectivity index (χ2n) is 11.3. The summed E-state index contributed by atoms with van der Waals surface area (Å²) in [6.07, 6.45) is -0.619. The highest BCUT2D eigenvalue weighted by molar-refractivity contribution is 6.30. The number of piperazine rings is 1. The van der Waals surface area contributed by atoms with Crippen LogP contribution in [0.1, 0.15) is 24.3 Å². The first-order valence-electron chi connectivity index (χ1n) is 14.2. The molecule has 4 aromatic rings. The molecule has 1 saturated heterocycles. The zero-order chi connectivity index (χ0) is 30.1. The van der Waals surface area contributed by atoms with Crippen LogP contribution in [0, 0.1) is 11.7 Å². The van der Waals surface area contributed by atoms with Crippen LogP contribution in [0.25, 0.3) is 22.2 Å². The van der Waals surface area contributed by atoms with Crippen molar-refractivity contribution in [2.24, 2.45) is 5.92 Å². The van der Waals surface area contributed by atoms with Crippen LogP contribution < -0.4 is 10.1 Å². The predicted octanol–water partition coefficient (Wildman–Crippen LogP) is 6.91. The average molecular weight is 615 g/mol. The van der Waals surface area contributed by atoms with Gasteiger partial charge in [-0.25, -0.2) is 4.39 Å². The van der Waals surface area contributed by atoms with Crippen molar-refractivity contribution in [3.05, 3.63) is 71.1 Å². The van der Waals surface area contributed by atoms with Crippen molar-refractivity contribution in [2.45, 2.75) is 24.9 Å². The van der Waals surface area contributed by atoms with Gasteiger partial charge in [-0.05, 0) is 80.2 Å². The second-order valence-corrected chi connectivity index (χ2v) is 11.7. The predicted molar refractivity (Wildman–Crippen MR) is 158 cm³/mol. The number of pyridine rings is 1. The summed E-state index contributed by atoms with van der Waals surface area (Å²) in [5.74, 6) is 0.181. The Bertz CT molecular complexity index is 1610. The third kappa shape index (κ3) is 7.17. The van der Waals surface area contributed by atoms with Crippen molar-refractivity contribution in [3.8, 4) is 17.1 Å². The lowest BCUT2D eigenvalue weighted by Gasteiger charge is -2.32. The van der Waals surface area contributed by atoms with E-state index in [2.05, 4.69) is 49.5 Å². The molecule has 2 unspecified atom stereocenters. The van der Waals surface area contributed by atoms with Crippen LogP contribution in [0.3, 0.4) is 0 Å². The number of ether oxygens (including phenoxy) is 1. The van der Waals surface area contributed by atoms with Gasteiger partial charge >= 0.3 is 6.18 Å². The van der Waals surface area contributed by atoms with Crippen LogP contribution in [0.5, 0.6) is 5.88 Å². The van der Waals surface area contributed by atoms with Gasteiger partial charge < -0.3 is 19.9 Å². The highest BCUT2D eigenvalue weighted by Crippen LogP contribution is 2.50. The quantitative estimate of drug-likeness (QED) is 0.206. The first-order valence-corrected chi connectivity index (χ1v) is 14.6. The van der Waals surface area contributed by atoms with Gasteiger partial charge in [0.15, 0.2) is 6.61 Å². The lowest BCUT2D eigenvalue weighted by Crippen LogP contribution is -2.44. The molecule has 43 heavy (non-hydrogen) atoms. The van der Waals surface area contributed by atoms with Crippen LogP contribution in [0.4, 0.5) is 28.9 Å². The van der Waals surface area contributed by atoms with Crippen molar-refractivity contribution < 1.29 is 22.3 Å². The first-order chi connectivity index (χ1) is 20.6. The first kappa shape index (κ1) is 29.5. The molecular formula is C31H31ClF4N6O. The van der Waals surface area contributed by atoms with Crippen molar-refractivity contribution in [1.29, 1.82) is 0 Å². The molecule has 2 atom stereocenters. The van der Waals surface area contributed by atoms with E-state index >= 15 is 0 Å². The molecule has 1 aliphatic carbocycles. The molecule has 6 rings (SSSR count). The minimum atomic E-state index is -4.58. The average Bonchev–Trinajstić information content (AvgIpc) is 3.77. The Morgan fingerprint density at radius 2 is 1.81 bits per heavy atom. The molecule has 12 heteroatoms. The molecular weight excluding hydrogens is 584 g/mol. The molecule has 2 fully saturated rings. The van der Waals surface area contributed by atoms with E-state index in [0.717, 1.165) is 50.0 Å².